The molecule has 2 aromatic carbocycles. The zero-order valence-electron chi connectivity index (χ0n) is 11.0. The SMILES string of the molecule is Nc1cccc(-c2nc(CSc3cccc(F)c3)no2)c1. The lowest BCUT2D eigenvalue weighted by atomic mass is 10.2. The van der Waals surface area contributed by atoms with Crippen molar-refractivity contribution in [2.45, 2.75) is 10.6 Å². The van der Waals surface area contributed by atoms with E-state index >= 15 is 0 Å². The van der Waals surface area contributed by atoms with Crippen molar-refractivity contribution in [3.8, 4) is 11.5 Å². The number of hydrogen-bond acceptors (Lipinski definition) is 5. The van der Waals surface area contributed by atoms with Gasteiger partial charge in [-0.1, -0.05) is 17.3 Å². The summed E-state index contributed by atoms with van der Waals surface area (Å²) in [5, 5.41) is 3.92. The first-order valence-electron chi connectivity index (χ1n) is 6.27. The minimum absolute atomic E-state index is 0.256. The smallest absolute Gasteiger partial charge is 0.258 e. The Hall–Kier alpha value is -2.34. The number of nitrogen functional groups attached to an aromatic ring is 1. The van der Waals surface area contributed by atoms with E-state index in [9.17, 15) is 4.39 Å². The molecule has 0 aliphatic carbocycles. The van der Waals surface area contributed by atoms with Crippen LogP contribution in [0.3, 0.4) is 0 Å². The van der Waals surface area contributed by atoms with Crippen molar-refractivity contribution in [1.82, 2.24) is 10.1 Å². The topological polar surface area (TPSA) is 64.9 Å². The molecular weight excluding hydrogens is 289 g/mol. The molecular formula is C15H12FN3OS. The summed E-state index contributed by atoms with van der Waals surface area (Å²) >= 11 is 1.45. The lowest BCUT2D eigenvalue weighted by molar-refractivity contribution is 0.425. The van der Waals surface area contributed by atoms with Crippen molar-refractivity contribution in [3.05, 3.63) is 60.2 Å². The Labute approximate surface area is 125 Å². The van der Waals surface area contributed by atoms with Gasteiger partial charge in [-0.05, 0) is 36.4 Å². The van der Waals surface area contributed by atoms with Crippen LogP contribution in [-0.2, 0) is 5.75 Å². The number of hydrogen-bond donors (Lipinski definition) is 1. The molecule has 2 N–H and O–H groups in total. The van der Waals surface area contributed by atoms with Gasteiger partial charge in [0.15, 0.2) is 5.82 Å². The predicted octanol–water partition coefficient (Wildman–Crippen LogP) is 3.75. The number of nitrogens with two attached hydrogens (primary N) is 1. The molecule has 0 amide bonds. The molecule has 0 saturated heterocycles. The van der Waals surface area contributed by atoms with Crippen molar-refractivity contribution in [3.63, 3.8) is 0 Å². The second-order valence-corrected chi connectivity index (χ2v) is 5.44. The Morgan fingerprint density at radius 1 is 1.14 bits per heavy atom. The van der Waals surface area contributed by atoms with Gasteiger partial charge >= 0.3 is 0 Å². The van der Waals surface area contributed by atoms with Gasteiger partial charge in [0.05, 0.1) is 5.75 Å². The Morgan fingerprint density at radius 3 is 2.81 bits per heavy atom. The van der Waals surface area contributed by atoms with E-state index in [1.165, 1.54) is 23.9 Å². The first-order valence-corrected chi connectivity index (χ1v) is 7.26. The van der Waals surface area contributed by atoms with Crippen LogP contribution in [-0.4, -0.2) is 10.1 Å². The second-order valence-electron chi connectivity index (χ2n) is 4.39. The summed E-state index contributed by atoms with van der Waals surface area (Å²) in [4.78, 5) is 5.14. The van der Waals surface area contributed by atoms with Crippen LogP contribution in [0.4, 0.5) is 10.1 Å². The molecule has 0 aliphatic rings. The highest BCUT2D eigenvalue weighted by Gasteiger charge is 2.09. The van der Waals surface area contributed by atoms with Gasteiger partial charge in [-0.15, -0.1) is 11.8 Å². The Balaban J connectivity index is 1.71. The predicted molar refractivity (Wildman–Crippen MR) is 80.1 cm³/mol. The summed E-state index contributed by atoms with van der Waals surface area (Å²) < 4.78 is 18.3. The number of thioether (sulfide) groups is 1. The molecule has 106 valence electrons. The summed E-state index contributed by atoms with van der Waals surface area (Å²) in [6.45, 7) is 0. The molecule has 1 aromatic heterocycles. The number of benzene rings is 2. The van der Waals surface area contributed by atoms with Crippen LogP contribution in [0.25, 0.3) is 11.5 Å². The van der Waals surface area contributed by atoms with E-state index in [-0.39, 0.29) is 5.82 Å². The standard InChI is InChI=1S/C15H12FN3OS/c16-11-4-2-6-13(8-11)21-9-14-18-15(20-19-14)10-3-1-5-12(17)7-10/h1-8H,9,17H2. The number of anilines is 1. The van der Waals surface area contributed by atoms with Gasteiger partial charge in [0.1, 0.15) is 5.82 Å². The Morgan fingerprint density at radius 2 is 2.00 bits per heavy atom. The number of halogens is 1. The van der Waals surface area contributed by atoms with Gasteiger partial charge < -0.3 is 10.3 Å². The number of aromatic nitrogens is 2. The lowest BCUT2D eigenvalue weighted by Gasteiger charge is -1.97. The molecule has 21 heavy (non-hydrogen) atoms. The molecule has 0 spiro atoms. The maximum absolute atomic E-state index is 13.1. The average molecular weight is 301 g/mol. The van der Waals surface area contributed by atoms with Crippen LogP contribution in [0.5, 0.6) is 0 Å². The normalized spacial score (nSPS) is 10.7. The van der Waals surface area contributed by atoms with Crippen molar-refractivity contribution in [1.29, 1.82) is 0 Å². The van der Waals surface area contributed by atoms with Gasteiger partial charge in [-0.3, -0.25) is 0 Å². The fraction of sp³-hybridized carbons (Fsp3) is 0.0667. The van der Waals surface area contributed by atoms with E-state index < -0.39 is 0 Å². The van der Waals surface area contributed by atoms with Crippen LogP contribution in [0.2, 0.25) is 0 Å². The minimum atomic E-state index is -0.256. The zero-order chi connectivity index (χ0) is 14.7. The highest BCUT2D eigenvalue weighted by atomic mass is 32.2. The quantitative estimate of drug-likeness (QED) is 0.587. The third kappa shape index (κ3) is 3.41. The summed E-state index contributed by atoms with van der Waals surface area (Å²) in [5.74, 6) is 1.24. The molecule has 0 atom stereocenters. The van der Waals surface area contributed by atoms with Crippen LogP contribution in [0.15, 0.2) is 57.9 Å². The van der Waals surface area contributed by atoms with Crippen LogP contribution in [0.1, 0.15) is 5.82 Å². The summed E-state index contributed by atoms with van der Waals surface area (Å²) in [5.41, 5.74) is 7.14. The van der Waals surface area contributed by atoms with Crippen molar-refractivity contribution in [2.24, 2.45) is 0 Å². The molecule has 6 heteroatoms. The fourth-order valence-electron chi connectivity index (χ4n) is 1.81. The van der Waals surface area contributed by atoms with Gasteiger partial charge in [-0.25, -0.2) is 4.39 Å². The largest absolute Gasteiger partial charge is 0.399 e. The maximum Gasteiger partial charge on any atom is 0.258 e. The highest BCUT2D eigenvalue weighted by molar-refractivity contribution is 7.98. The summed E-state index contributed by atoms with van der Waals surface area (Å²) in [7, 11) is 0. The average Bonchev–Trinajstić information content (AvgIpc) is 2.94. The maximum atomic E-state index is 13.1. The van der Waals surface area contributed by atoms with Gasteiger partial charge in [-0.2, -0.15) is 4.98 Å². The third-order valence-corrected chi connectivity index (χ3v) is 3.76. The first-order chi connectivity index (χ1) is 10.2. The Bertz CT molecular complexity index is 760. The molecule has 1 heterocycles. The summed E-state index contributed by atoms with van der Waals surface area (Å²) in [6.07, 6.45) is 0. The van der Waals surface area contributed by atoms with Crippen molar-refractivity contribution in [2.75, 3.05) is 5.73 Å². The zero-order valence-corrected chi connectivity index (χ0v) is 11.8. The van der Waals surface area contributed by atoms with Crippen LogP contribution < -0.4 is 5.73 Å². The van der Waals surface area contributed by atoms with Crippen LogP contribution >= 0.6 is 11.8 Å². The van der Waals surface area contributed by atoms with E-state index in [4.69, 9.17) is 10.3 Å². The lowest BCUT2D eigenvalue weighted by Crippen LogP contribution is -1.86. The molecule has 0 unspecified atom stereocenters. The Kier molecular flexibility index (Phi) is 3.87. The van der Waals surface area contributed by atoms with Gasteiger partial charge in [0.25, 0.3) is 5.89 Å². The summed E-state index contributed by atoms with van der Waals surface area (Å²) in [6, 6.07) is 13.7. The molecule has 0 fully saturated rings. The minimum Gasteiger partial charge on any atom is -0.399 e. The van der Waals surface area contributed by atoms with Gasteiger partial charge in [0, 0.05) is 16.1 Å². The van der Waals surface area contributed by atoms with E-state index in [1.807, 2.05) is 18.2 Å². The van der Waals surface area contributed by atoms with Gasteiger partial charge in [0.2, 0.25) is 0 Å². The van der Waals surface area contributed by atoms with Crippen LogP contribution in [0, 0.1) is 5.82 Å². The molecule has 0 aliphatic heterocycles. The highest BCUT2D eigenvalue weighted by Crippen LogP contribution is 2.24. The van der Waals surface area contributed by atoms with E-state index in [0.717, 1.165) is 10.5 Å². The van der Waals surface area contributed by atoms with Crippen molar-refractivity contribution >= 4 is 17.4 Å². The molecule has 0 saturated carbocycles. The molecule has 4 nitrogen and oxygen atoms in total. The van der Waals surface area contributed by atoms with E-state index in [2.05, 4.69) is 10.1 Å². The molecule has 3 rings (SSSR count). The molecule has 3 aromatic rings. The van der Waals surface area contributed by atoms with E-state index in [0.29, 0.717) is 23.2 Å². The number of rotatable bonds is 4. The second kappa shape index (κ2) is 5.97. The monoisotopic (exact) mass is 301 g/mol. The number of nitrogens with zero attached hydrogens (tertiary/aromatic N) is 2. The fourth-order valence-corrected chi connectivity index (χ4v) is 2.59. The third-order valence-electron chi connectivity index (χ3n) is 2.77. The van der Waals surface area contributed by atoms with Crippen molar-refractivity contribution < 1.29 is 8.91 Å². The molecule has 0 radical (unpaired) electrons. The molecule has 0 bridgehead atoms. The van der Waals surface area contributed by atoms with E-state index in [1.54, 1.807) is 18.2 Å². The first kappa shape index (κ1) is 13.6.